The number of carbonyl (C=O) groups is 7. The van der Waals surface area contributed by atoms with E-state index in [1.54, 1.807) is 48.9 Å². The van der Waals surface area contributed by atoms with Gasteiger partial charge in [0.2, 0.25) is 29.5 Å². The largest absolute Gasteiger partial charge is 0.508 e. The molecule has 2 heterocycles. The van der Waals surface area contributed by atoms with Gasteiger partial charge >= 0.3 is 5.97 Å². The molecule has 1 aliphatic rings. The Bertz CT molecular complexity index is 3150. The Balaban J connectivity index is 1.34. The number of aromatic nitrogens is 1. The van der Waals surface area contributed by atoms with Gasteiger partial charge in [0, 0.05) is 49.0 Å². The first-order chi connectivity index (χ1) is 39.1. The molecule has 28 heteroatoms. The number of carbonyl (C=O) groups excluding carboxylic acids is 6. The van der Waals surface area contributed by atoms with E-state index in [4.69, 9.17) is 11.5 Å². The molecule has 436 valence electrons. The number of guanidine groups is 1. The van der Waals surface area contributed by atoms with Crippen LogP contribution in [0.1, 0.15) is 55.7 Å². The van der Waals surface area contributed by atoms with Crippen molar-refractivity contribution in [1.29, 1.82) is 0 Å². The Hall–Kier alpha value is -9.31. The molecule has 6 rings (SSSR count). The minimum absolute atomic E-state index is 0.0195. The molecular formula is C54H65N13O14S. The van der Waals surface area contributed by atoms with Crippen LogP contribution in [0.4, 0.5) is 17.1 Å². The third kappa shape index (κ3) is 17.1. The smallest absolute Gasteiger partial charge is 0.326 e. The van der Waals surface area contributed by atoms with E-state index in [2.05, 4.69) is 41.9 Å². The summed E-state index contributed by atoms with van der Waals surface area (Å²) in [7, 11) is 0. The summed E-state index contributed by atoms with van der Waals surface area (Å²) in [5.41, 5.74) is 10.7. The van der Waals surface area contributed by atoms with Crippen molar-refractivity contribution >= 4 is 87.1 Å². The topological polar surface area (TPSA) is 422 Å². The maximum absolute atomic E-state index is 15.2. The predicted octanol–water partition coefficient (Wildman–Crippen LogP) is 1.91. The summed E-state index contributed by atoms with van der Waals surface area (Å²) >= 11 is 1.24. The second kappa shape index (κ2) is 29.2. The first-order valence-corrected chi connectivity index (χ1v) is 27.4. The summed E-state index contributed by atoms with van der Waals surface area (Å²) in [4.78, 5) is 130. The SMILES string of the molecule is CSCC[C@H](NC(=O)[C@H](Cc1c[nH]c2ccccc12)NC(=O)[C@H](Cc1ccc(O)cc1)NC(=O)[C@H](C)NC(=O)[C@H](Cc1ccc(O)cc1)NC(=O)[C@@H]1CCCN1)C(=O)N(c1ccc([N+](=O)[O-])cc1[N+](=O)[O-])[C@@H](CCCN=C(N)N)C(=O)O. The fourth-order valence-corrected chi connectivity index (χ4v) is 9.69. The molecule has 4 aromatic carbocycles. The summed E-state index contributed by atoms with van der Waals surface area (Å²) in [5, 5.41) is 72.2. The molecule has 1 aliphatic heterocycles. The zero-order valence-corrected chi connectivity index (χ0v) is 45.6. The number of benzene rings is 4. The van der Waals surface area contributed by atoms with Crippen molar-refractivity contribution in [2.45, 2.75) is 101 Å². The van der Waals surface area contributed by atoms with Gasteiger partial charge in [-0.1, -0.05) is 42.5 Å². The number of amides is 6. The molecule has 1 aromatic heterocycles. The summed E-state index contributed by atoms with van der Waals surface area (Å²) in [6, 6.07) is 11.2. The van der Waals surface area contributed by atoms with E-state index >= 15 is 9.59 Å². The van der Waals surface area contributed by atoms with Gasteiger partial charge in [0.25, 0.3) is 17.3 Å². The summed E-state index contributed by atoms with van der Waals surface area (Å²) in [6.07, 6.45) is 3.35. The quantitative estimate of drug-likeness (QED) is 0.0107. The highest BCUT2D eigenvalue weighted by Crippen LogP contribution is 2.35. The Labute approximate surface area is 473 Å². The molecule has 1 fully saturated rings. The van der Waals surface area contributed by atoms with Crippen molar-refractivity contribution < 1.29 is 58.7 Å². The Morgan fingerprint density at radius 1 is 0.756 bits per heavy atom. The average Bonchev–Trinajstić information content (AvgIpc) is 4.29. The summed E-state index contributed by atoms with van der Waals surface area (Å²) in [5.74, 6) is -7.10. The maximum Gasteiger partial charge on any atom is 0.326 e. The lowest BCUT2D eigenvalue weighted by atomic mass is 10.0. The van der Waals surface area contributed by atoms with Crippen LogP contribution in [0, 0.1) is 20.2 Å². The minimum Gasteiger partial charge on any atom is -0.508 e. The number of aromatic hydroxyl groups is 2. The van der Waals surface area contributed by atoms with E-state index < -0.39 is 117 Å². The number of aliphatic imine (C=N–C) groups is 1. The van der Waals surface area contributed by atoms with Crippen LogP contribution in [-0.2, 0) is 52.8 Å². The van der Waals surface area contributed by atoms with Gasteiger partial charge in [0.1, 0.15) is 53.4 Å². The molecule has 27 nitrogen and oxygen atoms in total. The molecule has 5 aromatic rings. The van der Waals surface area contributed by atoms with Crippen LogP contribution in [0.25, 0.3) is 10.9 Å². The second-order valence-corrected chi connectivity index (χ2v) is 20.4. The lowest BCUT2D eigenvalue weighted by Gasteiger charge is -2.33. The third-order valence-electron chi connectivity index (χ3n) is 13.5. The molecule has 0 unspecified atom stereocenters. The van der Waals surface area contributed by atoms with E-state index in [-0.39, 0.29) is 61.9 Å². The van der Waals surface area contributed by atoms with Crippen molar-refractivity contribution in [3.63, 3.8) is 0 Å². The zero-order valence-electron chi connectivity index (χ0n) is 44.7. The number of aromatic amines is 1. The van der Waals surface area contributed by atoms with E-state index in [0.29, 0.717) is 51.5 Å². The molecule has 82 heavy (non-hydrogen) atoms. The molecule has 0 spiro atoms. The summed E-state index contributed by atoms with van der Waals surface area (Å²) in [6.45, 7) is 1.84. The fraction of sp³-hybridized carbons (Fsp3) is 0.370. The van der Waals surface area contributed by atoms with Crippen LogP contribution in [0.2, 0.25) is 0 Å². The van der Waals surface area contributed by atoms with Crippen LogP contribution in [0.5, 0.6) is 11.5 Å². The number of anilines is 1. The van der Waals surface area contributed by atoms with Crippen molar-refractivity contribution in [2.24, 2.45) is 16.5 Å². The second-order valence-electron chi connectivity index (χ2n) is 19.4. The number of hydrogen-bond acceptors (Lipinski definition) is 16. The lowest BCUT2D eigenvalue weighted by Crippen LogP contribution is -2.60. The number of carboxylic acids is 1. The fourth-order valence-electron chi connectivity index (χ4n) is 9.22. The van der Waals surface area contributed by atoms with Crippen molar-refractivity contribution in [1.82, 2.24) is 36.9 Å². The molecule has 14 N–H and O–H groups in total. The molecule has 0 radical (unpaired) electrons. The number of aliphatic carboxylic acids is 1. The van der Waals surface area contributed by atoms with Crippen LogP contribution in [0.3, 0.4) is 0 Å². The van der Waals surface area contributed by atoms with Gasteiger partial charge in [-0.15, -0.1) is 0 Å². The molecule has 7 atom stereocenters. The number of nitrogens with two attached hydrogens (primary N) is 2. The average molecular weight is 1150 g/mol. The number of rotatable bonds is 29. The van der Waals surface area contributed by atoms with Gasteiger partial charge in [-0.3, -0.25) is 58.9 Å². The number of hydrogen-bond donors (Lipinski definition) is 12. The Morgan fingerprint density at radius 3 is 1.91 bits per heavy atom. The van der Waals surface area contributed by atoms with Crippen LogP contribution >= 0.6 is 11.8 Å². The van der Waals surface area contributed by atoms with Crippen molar-refractivity contribution in [3.8, 4) is 11.5 Å². The first kappa shape index (κ1) is 61.9. The highest BCUT2D eigenvalue weighted by Gasteiger charge is 2.41. The number of nitrogens with one attached hydrogen (secondary N) is 7. The lowest BCUT2D eigenvalue weighted by molar-refractivity contribution is -0.393. The van der Waals surface area contributed by atoms with Gasteiger partial charge in [0.15, 0.2) is 5.96 Å². The molecule has 0 bridgehead atoms. The van der Waals surface area contributed by atoms with Crippen molar-refractivity contribution in [3.05, 3.63) is 134 Å². The molecule has 6 amide bonds. The van der Waals surface area contributed by atoms with Gasteiger partial charge in [0.05, 0.1) is 22.0 Å². The zero-order chi connectivity index (χ0) is 59.6. The van der Waals surface area contributed by atoms with Crippen molar-refractivity contribution in [2.75, 3.05) is 30.0 Å². The standard InChI is InChI=1S/C54H65N13O14S/c1-30(60-49(72)41(25-31-11-16-35(68)17-12-31)63-48(71)39-9-5-22-57-39)47(70)62-42(26-32-13-18-36(69)19-14-32)50(73)64-43(27-33-29-59-38-8-4-3-7-37(33)38)51(74)61-40(21-24-82-2)52(75)65(45(53(76)77)10-6-23-58-54(55)56)44-20-15-34(66(78)79)28-46(44)67(80)81/h3-4,7-8,11-20,28-30,39-43,45,57,59,68-69H,5-6,9-10,21-27H2,1-2H3,(H,60,72)(H,61,74)(H,62,70)(H,63,71)(H,64,73)(H,76,77)(H4,55,56,58)/t30-,39-,40-,41-,42-,43-,45-/m0/s1. The first-order valence-electron chi connectivity index (χ1n) is 26.0. The Kier molecular flexibility index (Phi) is 22.1. The normalized spacial score (nSPS) is 15.1. The molecule has 0 saturated carbocycles. The number of thioether (sulfide) groups is 1. The molecule has 0 aliphatic carbocycles. The number of fused-ring (bicyclic) bond motifs is 1. The maximum atomic E-state index is 15.2. The third-order valence-corrected chi connectivity index (χ3v) is 14.1. The summed E-state index contributed by atoms with van der Waals surface area (Å²) < 4.78 is 0. The monoisotopic (exact) mass is 1150 g/mol. The molecule has 1 saturated heterocycles. The van der Waals surface area contributed by atoms with E-state index in [1.807, 2.05) is 0 Å². The number of para-hydroxylation sites is 1. The van der Waals surface area contributed by atoms with Gasteiger partial charge < -0.3 is 63.7 Å². The van der Waals surface area contributed by atoms with Crippen LogP contribution in [0.15, 0.2) is 102 Å². The highest BCUT2D eigenvalue weighted by molar-refractivity contribution is 7.98. The minimum atomic E-state index is -1.90. The van der Waals surface area contributed by atoms with Gasteiger partial charge in [-0.05, 0) is 111 Å². The number of non-ortho nitro benzene ring substituents is 1. The number of carboxylic acid groups (broad SMARTS) is 1. The number of nitro groups is 2. The number of H-pyrrole nitrogens is 1. The Morgan fingerprint density at radius 2 is 1.34 bits per heavy atom. The number of nitrogens with zero attached hydrogens (tertiary/aromatic N) is 4. The highest BCUT2D eigenvalue weighted by atomic mass is 32.2. The van der Waals surface area contributed by atoms with Crippen LogP contribution < -0.4 is 48.3 Å². The van der Waals surface area contributed by atoms with E-state index in [1.165, 1.54) is 55.1 Å². The molecular weight excluding hydrogens is 1090 g/mol. The number of nitro benzene ring substituents is 2. The predicted molar refractivity (Wildman–Crippen MR) is 304 cm³/mol. The van der Waals surface area contributed by atoms with E-state index in [9.17, 15) is 59.5 Å². The number of phenols is 2. The van der Waals surface area contributed by atoms with Crippen LogP contribution in [-0.4, -0.2) is 145 Å². The van der Waals surface area contributed by atoms with Gasteiger partial charge in [-0.2, -0.15) is 11.8 Å². The van der Waals surface area contributed by atoms with E-state index in [0.717, 1.165) is 18.6 Å². The van der Waals surface area contributed by atoms with Gasteiger partial charge in [-0.25, -0.2) is 4.79 Å². The number of phenolic OH excluding ortho intramolecular Hbond substituents is 2.